The van der Waals surface area contributed by atoms with Crippen molar-refractivity contribution >= 4 is 0 Å². The third-order valence-corrected chi connectivity index (χ3v) is 20.1. The molecule has 0 aromatic heterocycles. The molecule has 6 heterocycles. The first-order valence-corrected chi connectivity index (χ1v) is 26.9. The molecule has 420 valence electrons. The predicted molar refractivity (Wildman–Crippen MR) is 246 cm³/mol. The van der Waals surface area contributed by atoms with Gasteiger partial charge in [-0.1, -0.05) is 27.7 Å². The van der Waals surface area contributed by atoms with E-state index in [1.54, 1.807) is 0 Å². The summed E-state index contributed by atoms with van der Waals surface area (Å²) in [5.41, 5.74) is 0.159. The number of hydrogen-bond acceptors (Lipinski definition) is 23. The number of aliphatic hydroxyl groups is 13. The van der Waals surface area contributed by atoms with Crippen molar-refractivity contribution in [2.24, 2.45) is 52.3 Å². The van der Waals surface area contributed by atoms with Crippen LogP contribution in [0, 0.1) is 52.3 Å². The SMILES string of the molecule is C[C@@H]1CN[C@H]2[C@@H](C)[C@H]3[C@H](C[C@@H]4[C@H]5CC[C@@H]6C[C@@H](O[C@H]7O[C@@H](CO)[C@H](O[C@H]8O[C@@H](CO)[C@H](O)[C@@H](O[C@H]9OC[C@H](O)[C@@H](O)[C@@H]9O)[C@@H]8O[C@H]8O[C@@H](CO)[C@H](O)[C@@H](O)[C@@H]8O)[C@@H](O)[C@@H]7O)CC[C@]6(C)[C@H]5CC[C@@]34C)O[C@]2(O)C1. The zero-order valence-electron chi connectivity index (χ0n) is 42.1. The first-order chi connectivity index (χ1) is 34.7. The summed E-state index contributed by atoms with van der Waals surface area (Å²) in [5.74, 6) is 1.69. The Hall–Kier alpha value is -0.920. The van der Waals surface area contributed by atoms with Crippen molar-refractivity contribution in [3.63, 3.8) is 0 Å². The monoisotopic (exact) mass is 1050 g/mol. The second-order valence-corrected chi connectivity index (χ2v) is 24.2. The van der Waals surface area contributed by atoms with Crippen molar-refractivity contribution in [1.29, 1.82) is 0 Å². The van der Waals surface area contributed by atoms with Crippen molar-refractivity contribution in [3.8, 4) is 0 Å². The molecule has 0 bridgehead atoms. The Morgan fingerprint density at radius 2 is 1.19 bits per heavy atom. The fourth-order valence-electron chi connectivity index (χ4n) is 16.3. The molecule has 23 nitrogen and oxygen atoms in total. The van der Waals surface area contributed by atoms with Gasteiger partial charge in [-0.25, -0.2) is 0 Å². The molecule has 6 saturated heterocycles. The Labute approximate surface area is 424 Å². The number of aliphatic hydroxyl groups excluding tert-OH is 12. The highest BCUT2D eigenvalue weighted by Crippen LogP contribution is 2.70. The van der Waals surface area contributed by atoms with Crippen molar-refractivity contribution in [1.82, 2.24) is 5.32 Å². The molecule has 4 saturated carbocycles. The fourth-order valence-corrected chi connectivity index (χ4v) is 16.3. The summed E-state index contributed by atoms with van der Waals surface area (Å²) in [6.07, 6.45) is -25.1. The van der Waals surface area contributed by atoms with Crippen LogP contribution in [0.5, 0.6) is 0 Å². The summed E-state index contributed by atoms with van der Waals surface area (Å²) < 4.78 is 54.7. The topological polar surface area (TPSA) is 358 Å². The maximum atomic E-state index is 11.9. The number of fused-ring (bicyclic) bond motifs is 8. The molecule has 14 N–H and O–H groups in total. The van der Waals surface area contributed by atoms with Crippen LogP contribution in [0.2, 0.25) is 0 Å². The van der Waals surface area contributed by atoms with Crippen LogP contribution in [0.25, 0.3) is 0 Å². The van der Waals surface area contributed by atoms with Crippen LogP contribution in [0.3, 0.4) is 0 Å². The van der Waals surface area contributed by atoms with Crippen LogP contribution in [0.4, 0.5) is 0 Å². The molecule has 32 atom stereocenters. The molecule has 10 aliphatic rings. The van der Waals surface area contributed by atoms with Gasteiger partial charge in [0.1, 0.15) is 91.6 Å². The molecule has 0 radical (unpaired) electrons. The Balaban J connectivity index is 0.819. The van der Waals surface area contributed by atoms with E-state index in [1.807, 2.05) is 0 Å². The Morgan fingerprint density at radius 3 is 1.92 bits per heavy atom. The smallest absolute Gasteiger partial charge is 0.187 e. The van der Waals surface area contributed by atoms with Gasteiger partial charge in [-0.3, -0.25) is 0 Å². The lowest BCUT2D eigenvalue weighted by Crippen LogP contribution is -2.68. The van der Waals surface area contributed by atoms with Crippen LogP contribution >= 0.6 is 0 Å². The van der Waals surface area contributed by atoms with Gasteiger partial charge in [-0.15, -0.1) is 0 Å². The fraction of sp³-hybridized carbons (Fsp3) is 1.00. The first kappa shape index (κ1) is 55.4. The molecule has 0 amide bonds. The standard InChI is InChI=1S/C50H83NO22/c1-19-13-50(64)43(51-14-19)20(2)31-27(73-50)12-25-23-6-5-21-11-22(7-9-48(21,3)24(23)8-10-49(25,31)4)66-45-39(63)36(60)40(30(17-54)69-45)70-47-42(72-46-38(62)35(59)33(57)28(15-52)67-46)41(34(58)29(16-53)68-47)71-44-37(61)32(56)26(55)18-65-44/h19-47,51-64H,5-18H2,1-4H3/t19-,20-,21+,22-,23-,24-,25+,26-,27-,28-,29-,30-,31-,32+,33-,34-,35+,36-,37-,38-,39-,40-,41+,42-,43-,44+,45-,46+,47+,48-,49+,50+/m0/s1. The molecule has 6 aliphatic heterocycles. The normalized spacial score (nSPS) is 58.2. The van der Waals surface area contributed by atoms with E-state index in [0.717, 1.165) is 45.1 Å². The molecule has 10 fully saturated rings. The molecule has 23 heteroatoms. The Bertz CT molecular complexity index is 1880. The Morgan fingerprint density at radius 1 is 0.575 bits per heavy atom. The van der Waals surface area contributed by atoms with E-state index in [-0.39, 0.29) is 35.0 Å². The molecule has 0 aromatic rings. The van der Waals surface area contributed by atoms with Gasteiger partial charge in [0, 0.05) is 6.42 Å². The van der Waals surface area contributed by atoms with Crippen LogP contribution in [-0.4, -0.2) is 240 Å². The lowest BCUT2D eigenvalue weighted by molar-refractivity contribution is -0.404. The van der Waals surface area contributed by atoms with Gasteiger partial charge in [0.2, 0.25) is 0 Å². The van der Waals surface area contributed by atoms with E-state index in [1.165, 1.54) is 0 Å². The molecular weight excluding hydrogens is 967 g/mol. The van der Waals surface area contributed by atoms with Gasteiger partial charge in [0.25, 0.3) is 0 Å². The Kier molecular flexibility index (Phi) is 16.1. The zero-order valence-corrected chi connectivity index (χ0v) is 42.1. The summed E-state index contributed by atoms with van der Waals surface area (Å²) in [4.78, 5) is 0. The van der Waals surface area contributed by atoms with Crippen molar-refractivity contribution < 1.29 is 109 Å². The molecule has 73 heavy (non-hydrogen) atoms. The van der Waals surface area contributed by atoms with Crippen molar-refractivity contribution in [2.75, 3.05) is 33.0 Å². The third-order valence-electron chi connectivity index (χ3n) is 20.1. The van der Waals surface area contributed by atoms with Crippen LogP contribution in [0.1, 0.15) is 85.5 Å². The number of ether oxygens (including phenoxy) is 9. The molecule has 0 unspecified atom stereocenters. The van der Waals surface area contributed by atoms with Gasteiger partial charge < -0.3 is 114 Å². The zero-order chi connectivity index (χ0) is 52.2. The van der Waals surface area contributed by atoms with E-state index in [0.29, 0.717) is 54.8 Å². The van der Waals surface area contributed by atoms with Crippen molar-refractivity contribution in [2.45, 2.75) is 226 Å². The van der Waals surface area contributed by atoms with Gasteiger partial charge in [-0.2, -0.15) is 0 Å². The number of hydrogen-bond donors (Lipinski definition) is 14. The second kappa shape index (κ2) is 21.3. The lowest BCUT2D eigenvalue weighted by Gasteiger charge is -2.62. The summed E-state index contributed by atoms with van der Waals surface area (Å²) in [5, 5.41) is 145. The molecule has 0 aromatic carbocycles. The van der Waals surface area contributed by atoms with E-state index < -0.39 is 149 Å². The number of piperidine rings is 1. The molecule has 4 aliphatic carbocycles. The highest BCUT2D eigenvalue weighted by atomic mass is 16.8. The summed E-state index contributed by atoms with van der Waals surface area (Å²) >= 11 is 0. The predicted octanol–water partition coefficient (Wildman–Crippen LogP) is -3.73. The van der Waals surface area contributed by atoms with Crippen LogP contribution in [-0.2, 0) is 42.6 Å². The number of rotatable bonds is 11. The van der Waals surface area contributed by atoms with E-state index in [9.17, 15) is 66.4 Å². The van der Waals surface area contributed by atoms with Gasteiger partial charge >= 0.3 is 0 Å². The molecule has 10 rings (SSSR count). The minimum atomic E-state index is -2.00. The minimum Gasteiger partial charge on any atom is -0.394 e. The summed E-state index contributed by atoms with van der Waals surface area (Å²) in [6, 6.07) is -0.0811. The van der Waals surface area contributed by atoms with Gasteiger partial charge in [0.15, 0.2) is 30.9 Å². The average molecular weight is 1050 g/mol. The van der Waals surface area contributed by atoms with Crippen LogP contribution in [0.15, 0.2) is 0 Å². The summed E-state index contributed by atoms with van der Waals surface area (Å²) in [6.45, 7) is 7.28. The largest absolute Gasteiger partial charge is 0.394 e. The summed E-state index contributed by atoms with van der Waals surface area (Å²) in [7, 11) is 0. The highest BCUT2D eigenvalue weighted by Gasteiger charge is 2.68. The third kappa shape index (κ3) is 9.59. The quantitative estimate of drug-likeness (QED) is 0.0885. The van der Waals surface area contributed by atoms with E-state index in [4.69, 9.17) is 42.6 Å². The second-order valence-electron chi connectivity index (χ2n) is 24.2. The minimum absolute atomic E-state index is 0.0262. The molecule has 0 spiro atoms. The maximum Gasteiger partial charge on any atom is 0.187 e. The number of nitrogens with one attached hydrogen (secondary N) is 1. The van der Waals surface area contributed by atoms with E-state index in [2.05, 4.69) is 33.0 Å². The van der Waals surface area contributed by atoms with Crippen molar-refractivity contribution in [3.05, 3.63) is 0 Å². The average Bonchev–Trinajstić information content (AvgIpc) is 3.66. The maximum absolute atomic E-state index is 11.9. The van der Waals surface area contributed by atoms with E-state index >= 15 is 0 Å². The van der Waals surface area contributed by atoms with Crippen LogP contribution < -0.4 is 5.32 Å². The molecular formula is C50H83NO22. The first-order valence-electron chi connectivity index (χ1n) is 26.9. The van der Waals surface area contributed by atoms with Gasteiger partial charge in [-0.05, 0) is 110 Å². The highest BCUT2D eigenvalue weighted by molar-refractivity contribution is 5.16. The van der Waals surface area contributed by atoms with Gasteiger partial charge in [0.05, 0.1) is 44.7 Å². The lowest BCUT2D eigenvalue weighted by atomic mass is 9.44.